The van der Waals surface area contributed by atoms with E-state index in [9.17, 15) is 0 Å². The largest absolute Gasteiger partial charge is 0.353 e. The lowest BCUT2D eigenvalue weighted by molar-refractivity contribution is 0.345. The van der Waals surface area contributed by atoms with Gasteiger partial charge in [-0.3, -0.25) is 0 Å². The molecule has 0 saturated carbocycles. The van der Waals surface area contributed by atoms with Gasteiger partial charge in [-0.25, -0.2) is 4.99 Å². The predicted molar refractivity (Wildman–Crippen MR) is 94.3 cm³/mol. The van der Waals surface area contributed by atoms with Crippen LogP contribution in [0.25, 0.3) is 0 Å². The molecule has 2 saturated heterocycles. The molecule has 0 aliphatic carbocycles. The molecule has 23 heavy (non-hydrogen) atoms. The minimum atomic E-state index is 0.535. The highest BCUT2D eigenvalue weighted by Crippen LogP contribution is 2.38. The summed E-state index contributed by atoms with van der Waals surface area (Å²) in [7, 11) is 0. The van der Waals surface area contributed by atoms with Crippen molar-refractivity contribution in [3.8, 4) is 0 Å². The Morgan fingerprint density at radius 3 is 2.87 bits per heavy atom. The second kappa shape index (κ2) is 4.98. The van der Waals surface area contributed by atoms with Crippen LogP contribution in [0.2, 0.25) is 5.02 Å². The summed E-state index contributed by atoms with van der Waals surface area (Å²) in [6, 6.07) is 15.3. The van der Waals surface area contributed by atoms with Crippen LogP contribution in [0.15, 0.2) is 47.5 Å². The molecule has 5 rings (SSSR count). The predicted octanol–water partition coefficient (Wildman–Crippen LogP) is 3.52. The highest BCUT2D eigenvalue weighted by atomic mass is 35.5. The van der Waals surface area contributed by atoms with Gasteiger partial charge in [0.25, 0.3) is 0 Å². The van der Waals surface area contributed by atoms with E-state index in [0.717, 1.165) is 41.6 Å². The van der Waals surface area contributed by atoms with Gasteiger partial charge in [-0.15, -0.1) is 0 Å². The molecule has 0 radical (unpaired) electrons. The number of amidine groups is 1. The van der Waals surface area contributed by atoms with Crippen LogP contribution in [0.5, 0.6) is 0 Å². The van der Waals surface area contributed by atoms with E-state index in [4.69, 9.17) is 16.6 Å². The molecule has 3 aliphatic rings. The van der Waals surface area contributed by atoms with E-state index in [2.05, 4.69) is 39.8 Å². The topological polar surface area (TPSA) is 39.7 Å². The van der Waals surface area contributed by atoms with Crippen LogP contribution in [0.1, 0.15) is 12.0 Å². The highest BCUT2D eigenvalue weighted by Gasteiger charge is 2.40. The van der Waals surface area contributed by atoms with Gasteiger partial charge in [0, 0.05) is 41.4 Å². The fraction of sp³-hybridized carbons (Fsp3) is 0.278. The Morgan fingerprint density at radius 1 is 1.13 bits per heavy atom. The molecule has 5 heteroatoms. The van der Waals surface area contributed by atoms with Crippen LogP contribution in [-0.4, -0.2) is 35.9 Å². The molecule has 2 N–H and O–H groups in total. The fourth-order valence-electron chi connectivity index (χ4n) is 3.85. The molecule has 2 aromatic carbocycles. The number of anilines is 2. The summed E-state index contributed by atoms with van der Waals surface area (Å²) in [6.07, 6.45) is 1.21. The van der Waals surface area contributed by atoms with Gasteiger partial charge in [0.15, 0.2) is 0 Å². The lowest BCUT2D eigenvalue weighted by Crippen LogP contribution is -2.46. The van der Waals surface area contributed by atoms with Crippen LogP contribution < -0.4 is 10.6 Å². The Morgan fingerprint density at radius 2 is 2.04 bits per heavy atom. The summed E-state index contributed by atoms with van der Waals surface area (Å²) in [5.41, 5.74) is 4.16. The Labute approximate surface area is 140 Å². The third-order valence-electron chi connectivity index (χ3n) is 4.95. The third-order valence-corrected chi connectivity index (χ3v) is 5.19. The van der Waals surface area contributed by atoms with Crippen molar-refractivity contribution in [3.05, 3.63) is 53.1 Å². The average Bonchev–Trinajstić information content (AvgIpc) is 3.14. The molecule has 2 unspecified atom stereocenters. The number of para-hydroxylation sites is 1. The smallest absolute Gasteiger partial charge is 0.139 e. The van der Waals surface area contributed by atoms with E-state index in [-0.39, 0.29) is 0 Å². The number of benzene rings is 2. The molecular weight excluding hydrogens is 308 g/mol. The van der Waals surface area contributed by atoms with E-state index in [1.54, 1.807) is 0 Å². The number of hydrogen-bond acceptors (Lipinski definition) is 4. The fourth-order valence-corrected chi connectivity index (χ4v) is 4.02. The maximum absolute atomic E-state index is 6.19. The summed E-state index contributed by atoms with van der Waals surface area (Å²) in [6.45, 7) is 2.06. The van der Waals surface area contributed by atoms with Crippen LogP contribution in [-0.2, 0) is 0 Å². The van der Waals surface area contributed by atoms with E-state index in [1.165, 1.54) is 6.42 Å². The van der Waals surface area contributed by atoms with Crippen molar-refractivity contribution in [3.63, 3.8) is 0 Å². The zero-order chi connectivity index (χ0) is 15.4. The quantitative estimate of drug-likeness (QED) is 0.779. The van der Waals surface area contributed by atoms with Crippen molar-refractivity contribution < 1.29 is 0 Å². The van der Waals surface area contributed by atoms with E-state index in [1.807, 2.05) is 18.2 Å². The maximum Gasteiger partial charge on any atom is 0.139 e. The van der Waals surface area contributed by atoms with Crippen LogP contribution in [0, 0.1) is 0 Å². The number of rotatable bonds is 0. The van der Waals surface area contributed by atoms with Gasteiger partial charge in [-0.05, 0) is 36.8 Å². The van der Waals surface area contributed by atoms with Gasteiger partial charge in [-0.1, -0.05) is 23.7 Å². The number of halogens is 1. The molecular formula is C18H17ClN4. The normalized spacial score (nSPS) is 24.6. The average molecular weight is 325 g/mol. The first-order valence-electron chi connectivity index (χ1n) is 8.02. The third kappa shape index (κ3) is 2.13. The molecule has 3 aliphatic heterocycles. The second-order valence-corrected chi connectivity index (χ2v) is 6.85. The first kappa shape index (κ1) is 13.4. The van der Waals surface area contributed by atoms with Crippen molar-refractivity contribution in [2.75, 3.05) is 18.4 Å². The molecule has 116 valence electrons. The van der Waals surface area contributed by atoms with Gasteiger partial charge in [0.1, 0.15) is 5.84 Å². The standard InChI is InChI=1S/C18H17ClN4/c19-11-5-6-16-17(7-11)22-18(14-3-1-2-4-15(14)21-16)23-10-12-8-13(23)9-20-12/h1-7,12-13,20-21H,8-10H2. The molecule has 2 aromatic rings. The number of nitrogens with one attached hydrogen (secondary N) is 2. The Bertz CT molecular complexity index is 816. The number of nitrogens with zero attached hydrogens (tertiary/aromatic N) is 2. The van der Waals surface area contributed by atoms with Gasteiger partial charge in [-0.2, -0.15) is 0 Å². The minimum absolute atomic E-state index is 0.535. The molecule has 0 spiro atoms. The van der Waals surface area contributed by atoms with Gasteiger partial charge in [0.05, 0.1) is 11.4 Å². The molecule has 3 heterocycles. The van der Waals surface area contributed by atoms with Crippen molar-refractivity contribution in [1.29, 1.82) is 0 Å². The lowest BCUT2D eigenvalue weighted by Gasteiger charge is -2.30. The monoisotopic (exact) mass is 324 g/mol. The number of hydrogen-bond donors (Lipinski definition) is 2. The summed E-state index contributed by atoms with van der Waals surface area (Å²) in [5, 5.41) is 7.78. The first-order chi connectivity index (χ1) is 11.3. The van der Waals surface area contributed by atoms with E-state index < -0.39 is 0 Å². The first-order valence-corrected chi connectivity index (χ1v) is 8.40. The Hall–Kier alpha value is -2.04. The zero-order valence-electron chi connectivity index (χ0n) is 12.6. The maximum atomic E-state index is 6.19. The number of piperazine rings is 1. The number of aliphatic imine (C=N–C) groups is 1. The second-order valence-electron chi connectivity index (χ2n) is 6.41. The summed E-state index contributed by atoms with van der Waals surface area (Å²) in [5.74, 6) is 1.06. The summed E-state index contributed by atoms with van der Waals surface area (Å²) in [4.78, 5) is 7.47. The molecule has 0 aromatic heterocycles. The highest BCUT2D eigenvalue weighted by molar-refractivity contribution is 6.31. The van der Waals surface area contributed by atoms with Crippen LogP contribution in [0.3, 0.4) is 0 Å². The molecule has 0 amide bonds. The van der Waals surface area contributed by atoms with Gasteiger partial charge < -0.3 is 15.5 Å². The molecule has 2 bridgehead atoms. The van der Waals surface area contributed by atoms with Gasteiger partial charge in [0.2, 0.25) is 0 Å². The number of fused-ring (bicyclic) bond motifs is 4. The SMILES string of the molecule is Clc1ccc2c(c1)N=C(N1CC3CC1CN3)c1ccccc1N2. The van der Waals surface area contributed by atoms with Crippen LogP contribution >= 0.6 is 11.6 Å². The summed E-state index contributed by atoms with van der Waals surface area (Å²) < 4.78 is 0. The van der Waals surface area contributed by atoms with Crippen molar-refractivity contribution >= 4 is 34.5 Å². The van der Waals surface area contributed by atoms with Crippen molar-refractivity contribution in [1.82, 2.24) is 10.2 Å². The van der Waals surface area contributed by atoms with Crippen molar-refractivity contribution in [2.24, 2.45) is 4.99 Å². The van der Waals surface area contributed by atoms with Crippen molar-refractivity contribution in [2.45, 2.75) is 18.5 Å². The number of likely N-dealkylation sites (tertiary alicyclic amines) is 1. The molecule has 4 nitrogen and oxygen atoms in total. The van der Waals surface area contributed by atoms with Crippen LogP contribution in [0.4, 0.5) is 17.1 Å². The zero-order valence-corrected chi connectivity index (χ0v) is 13.3. The molecule has 2 atom stereocenters. The Balaban J connectivity index is 1.69. The van der Waals surface area contributed by atoms with E-state index >= 15 is 0 Å². The van der Waals surface area contributed by atoms with E-state index in [0.29, 0.717) is 17.1 Å². The Kier molecular flexibility index (Phi) is 2.90. The molecule has 2 fully saturated rings. The lowest BCUT2D eigenvalue weighted by atomic mass is 10.1. The van der Waals surface area contributed by atoms with Gasteiger partial charge >= 0.3 is 0 Å². The summed E-state index contributed by atoms with van der Waals surface area (Å²) >= 11 is 6.19. The minimum Gasteiger partial charge on any atom is -0.353 e.